The molecule has 0 fully saturated rings. The standard InChI is InChI=1S/C22H20N6O2/c1-27-21(28-13-5-6-14-28)19(15-23-27)20(29)24-17-9-11-18(12-10-17)26-22(30)25-16-7-3-2-4-8-16/h2-15H,1H3,(H,24,29)(H2,25,26,30). The minimum atomic E-state index is -0.343. The molecule has 2 aromatic carbocycles. The minimum absolute atomic E-state index is 0.269. The summed E-state index contributed by atoms with van der Waals surface area (Å²) in [5, 5.41) is 12.6. The molecule has 0 bridgehead atoms. The van der Waals surface area contributed by atoms with Crippen LogP contribution in [0.1, 0.15) is 10.4 Å². The molecule has 0 saturated carbocycles. The second-order valence-corrected chi connectivity index (χ2v) is 6.57. The zero-order valence-electron chi connectivity index (χ0n) is 16.2. The summed E-state index contributed by atoms with van der Waals surface area (Å²) in [5.74, 6) is 0.405. The van der Waals surface area contributed by atoms with E-state index >= 15 is 0 Å². The monoisotopic (exact) mass is 400 g/mol. The van der Waals surface area contributed by atoms with Crippen molar-refractivity contribution in [3.8, 4) is 5.82 Å². The van der Waals surface area contributed by atoms with Crippen LogP contribution in [0.3, 0.4) is 0 Å². The van der Waals surface area contributed by atoms with E-state index in [-0.39, 0.29) is 11.9 Å². The molecule has 0 aliphatic rings. The van der Waals surface area contributed by atoms with E-state index in [9.17, 15) is 9.59 Å². The van der Waals surface area contributed by atoms with Crippen molar-refractivity contribution >= 4 is 29.0 Å². The molecule has 0 aliphatic heterocycles. The normalized spacial score (nSPS) is 10.4. The van der Waals surface area contributed by atoms with E-state index in [4.69, 9.17) is 0 Å². The van der Waals surface area contributed by atoms with Gasteiger partial charge in [-0.25, -0.2) is 4.79 Å². The summed E-state index contributed by atoms with van der Waals surface area (Å²) in [4.78, 5) is 24.8. The molecule has 2 aromatic heterocycles. The smallest absolute Gasteiger partial charge is 0.322 e. The summed E-state index contributed by atoms with van der Waals surface area (Å²) in [7, 11) is 1.78. The first-order valence-corrected chi connectivity index (χ1v) is 9.30. The van der Waals surface area contributed by atoms with Crippen molar-refractivity contribution in [2.45, 2.75) is 0 Å². The van der Waals surface area contributed by atoms with Gasteiger partial charge in [-0.2, -0.15) is 5.10 Å². The quantitative estimate of drug-likeness (QED) is 0.471. The number of aromatic nitrogens is 3. The number of anilines is 3. The average molecular weight is 400 g/mol. The molecule has 0 radical (unpaired) electrons. The number of hydrogen-bond acceptors (Lipinski definition) is 3. The van der Waals surface area contributed by atoms with E-state index in [2.05, 4.69) is 21.0 Å². The van der Waals surface area contributed by atoms with Gasteiger partial charge in [-0.1, -0.05) is 18.2 Å². The van der Waals surface area contributed by atoms with Gasteiger partial charge in [0, 0.05) is 36.5 Å². The molecule has 8 heteroatoms. The lowest BCUT2D eigenvalue weighted by molar-refractivity contribution is 0.102. The maximum atomic E-state index is 12.8. The Morgan fingerprint density at radius 3 is 1.97 bits per heavy atom. The third kappa shape index (κ3) is 4.22. The highest BCUT2D eigenvalue weighted by atomic mass is 16.2. The Morgan fingerprint density at radius 2 is 1.33 bits per heavy atom. The number of rotatable bonds is 5. The number of carbonyl (C=O) groups excluding carboxylic acids is 2. The Morgan fingerprint density at radius 1 is 0.767 bits per heavy atom. The molecule has 4 aromatic rings. The van der Waals surface area contributed by atoms with Crippen LogP contribution in [0.5, 0.6) is 0 Å². The molecule has 2 heterocycles. The Labute approximate surface area is 173 Å². The van der Waals surface area contributed by atoms with Crippen LogP contribution in [0.25, 0.3) is 5.82 Å². The van der Waals surface area contributed by atoms with E-state index in [1.54, 1.807) is 48.1 Å². The molecule has 0 saturated heterocycles. The first-order valence-electron chi connectivity index (χ1n) is 9.30. The van der Waals surface area contributed by atoms with Gasteiger partial charge < -0.3 is 20.5 Å². The molecule has 3 N–H and O–H groups in total. The van der Waals surface area contributed by atoms with Gasteiger partial charge in [0.1, 0.15) is 11.4 Å². The second kappa shape index (κ2) is 8.36. The van der Waals surface area contributed by atoms with Crippen LogP contribution >= 0.6 is 0 Å². The van der Waals surface area contributed by atoms with Gasteiger partial charge in [0.25, 0.3) is 5.91 Å². The fourth-order valence-electron chi connectivity index (χ4n) is 3.02. The van der Waals surface area contributed by atoms with Gasteiger partial charge in [-0.15, -0.1) is 0 Å². The van der Waals surface area contributed by atoms with Crippen LogP contribution in [0.2, 0.25) is 0 Å². The van der Waals surface area contributed by atoms with Gasteiger partial charge in [0.2, 0.25) is 0 Å². The Kier molecular flexibility index (Phi) is 5.29. The van der Waals surface area contributed by atoms with Crippen LogP contribution in [0.4, 0.5) is 21.9 Å². The van der Waals surface area contributed by atoms with Gasteiger partial charge >= 0.3 is 6.03 Å². The minimum Gasteiger partial charge on any atom is -0.322 e. The van der Waals surface area contributed by atoms with Crippen molar-refractivity contribution in [2.75, 3.05) is 16.0 Å². The number of aryl methyl sites for hydroxylation is 1. The molecule has 4 rings (SSSR count). The molecule has 3 amide bonds. The summed E-state index contributed by atoms with van der Waals surface area (Å²) >= 11 is 0. The van der Waals surface area contributed by atoms with Crippen molar-refractivity contribution in [1.82, 2.24) is 14.3 Å². The zero-order valence-corrected chi connectivity index (χ0v) is 16.2. The summed E-state index contributed by atoms with van der Waals surface area (Å²) in [6, 6.07) is 19.5. The number of nitrogens with zero attached hydrogens (tertiary/aromatic N) is 3. The second-order valence-electron chi connectivity index (χ2n) is 6.57. The lowest BCUT2D eigenvalue weighted by atomic mass is 10.2. The molecule has 0 atom stereocenters. The van der Waals surface area contributed by atoms with Gasteiger partial charge in [0.15, 0.2) is 0 Å². The summed E-state index contributed by atoms with van der Waals surface area (Å²) in [5.41, 5.74) is 2.37. The van der Waals surface area contributed by atoms with E-state index in [1.165, 1.54) is 6.20 Å². The third-order valence-corrected chi connectivity index (χ3v) is 4.43. The Bertz CT molecular complexity index is 1150. The van der Waals surface area contributed by atoms with Gasteiger partial charge in [0.05, 0.1) is 6.20 Å². The fourth-order valence-corrected chi connectivity index (χ4v) is 3.02. The summed E-state index contributed by atoms with van der Waals surface area (Å²) < 4.78 is 3.48. The number of carbonyl (C=O) groups is 2. The molecular formula is C22H20N6O2. The summed E-state index contributed by atoms with van der Waals surface area (Å²) in [6.07, 6.45) is 5.25. The number of benzene rings is 2. The maximum Gasteiger partial charge on any atom is 0.323 e. The molecular weight excluding hydrogens is 380 g/mol. The van der Waals surface area contributed by atoms with Crippen LogP contribution in [0.15, 0.2) is 85.3 Å². The SMILES string of the molecule is Cn1ncc(C(=O)Nc2ccc(NC(=O)Nc3ccccc3)cc2)c1-n1cccc1. The molecule has 30 heavy (non-hydrogen) atoms. The number of hydrogen-bond donors (Lipinski definition) is 3. The lowest BCUT2D eigenvalue weighted by Crippen LogP contribution is -2.19. The molecule has 0 spiro atoms. The van der Waals surface area contributed by atoms with Crippen molar-refractivity contribution < 1.29 is 9.59 Å². The number of urea groups is 1. The topological polar surface area (TPSA) is 93.0 Å². The van der Waals surface area contributed by atoms with Crippen molar-refractivity contribution in [1.29, 1.82) is 0 Å². The Balaban J connectivity index is 1.41. The van der Waals surface area contributed by atoms with Crippen LogP contribution < -0.4 is 16.0 Å². The molecule has 150 valence electrons. The predicted octanol–water partition coefficient (Wildman–Crippen LogP) is 4.11. The maximum absolute atomic E-state index is 12.8. The van der Waals surface area contributed by atoms with Crippen molar-refractivity contribution in [3.63, 3.8) is 0 Å². The largest absolute Gasteiger partial charge is 0.323 e. The highest BCUT2D eigenvalue weighted by Gasteiger charge is 2.17. The molecule has 0 unspecified atom stereocenters. The first kappa shape index (κ1) is 19.0. The van der Waals surface area contributed by atoms with Crippen LogP contribution in [-0.2, 0) is 7.05 Å². The van der Waals surface area contributed by atoms with Gasteiger partial charge in [-0.05, 0) is 48.5 Å². The first-order chi connectivity index (χ1) is 14.6. The number of para-hydroxylation sites is 1. The van der Waals surface area contributed by atoms with Crippen LogP contribution in [-0.4, -0.2) is 26.3 Å². The zero-order chi connectivity index (χ0) is 20.9. The van der Waals surface area contributed by atoms with E-state index < -0.39 is 0 Å². The predicted molar refractivity (Wildman–Crippen MR) is 116 cm³/mol. The van der Waals surface area contributed by atoms with Crippen molar-refractivity contribution in [3.05, 3.63) is 90.9 Å². The lowest BCUT2D eigenvalue weighted by Gasteiger charge is -2.10. The van der Waals surface area contributed by atoms with Gasteiger partial charge in [-0.3, -0.25) is 9.48 Å². The van der Waals surface area contributed by atoms with Crippen LogP contribution in [0, 0.1) is 0 Å². The average Bonchev–Trinajstić information content (AvgIpc) is 3.39. The highest BCUT2D eigenvalue weighted by Crippen LogP contribution is 2.18. The van der Waals surface area contributed by atoms with E-state index in [1.807, 2.05) is 47.3 Å². The van der Waals surface area contributed by atoms with Crippen molar-refractivity contribution in [2.24, 2.45) is 7.05 Å². The Hall–Kier alpha value is -4.33. The number of nitrogens with one attached hydrogen (secondary N) is 3. The van der Waals surface area contributed by atoms with E-state index in [0.29, 0.717) is 28.4 Å². The number of amides is 3. The molecule has 8 nitrogen and oxygen atoms in total. The fraction of sp³-hybridized carbons (Fsp3) is 0.0455. The molecule has 0 aliphatic carbocycles. The third-order valence-electron chi connectivity index (χ3n) is 4.43. The highest BCUT2D eigenvalue weighted by molar-refractivity contribution is 6.06. The summed E-state index contributed by atoms with van der Waals surface area (Å²) in [6.45, 7) is 0. The van der Waals surface area contributed by atoms with E-state index in [0.717, 1.165) is 0 Å².